The SMILES string of the molecule is CSc1ncc(C#CC#N)cn1. The minimum atomic E-state index is 0.661. The molecule has 0 amide bonds. The van der Waals surface area contributed by atoms with Crippen LogP contribution >= 0.6 is 11.8 Å². The van der Waals surface area contributed by atoms with Crippen molar-refractivity contribution < 1.29 is 0 Å². The molecular weight excluding hydrogens is 170 g/mol. The quantitative estimate of drug-likeness (QED) is 0.364. The zero-order chi connectivity index (χ0) is 8.81. The molecule has 0 N–H and O–H groups in total. The maximum absolute atomic E-state index is 8.16. The predicted octanol–water partition coefficient (Wildman–Crippen LogP) is 1.07. The molecule has 0 aromatic carbocycles. The number of nitrogens with zero attached hydrogens (tertiary/aromatic N) is 3. The summed E-state index contributed by atoms with van der Waals surface area (Å²) in [7, 11) is 0. The lowest BCUT2D eigenvalue weighted by Gasteiger charge is -1.91. The molecule has 0 fully saturated rings. The Morgan fingerprint density at radius 3 is 2.58 bits per heavy atom. The summed E-state index contributed by atoms with van der Waals surface area (Å²) in [5.41, 5.74) is 0.661. The fourth-order valence-electron chi connectivity index (χ4n) is 0.586. The van der Waals surface area contributed by atoms with Gasteiger partial charge in [-0.15, -0.1) is 0 Å². The van der Waals surface area contributed by atoms with E-state index in [4.69, 9.17) is 5.26 Å². The number of rotatable bonds is 1. The topological polar surface area (TPSA) is 49.6 Å². The van der Waals surface area contributed by atoms with E-state index in [-0.39, 0.29) is 0 Å². The smallest absolute Gasteiger partial charge is 0.187 e. The highest BCUT2D eigenvalue weighted by atomic mass is 32.2. The van der Waals surface area contributed by atoms with Gasteiger partial charge in [-0.2, -0.15) is 5.26 Å². The van der Waals surface area contributed by atoms with E-state index >= 15 is 0 Å². The predicted molar refractivity (Wildman–Crippen MR) is 46.3 cm³/mol. The molecule has 58 valence electrons. The van der Waals surface area contributed by atoms with Crippen molar-refractivity contribution in [3.05, 3.63) is 18.0 Å². The van der Waals surface area contributed by atoms with E-state index in [9.17, 15) is 0 Å². The van der Waals surface area contributed by atoms with Gasteiger partial charge in [0.2, 0.25) is 0 Å². The highest BCUT2D eigenvalue weighted by Crippen LogP contribution is 2.05. The van der Waals surface area contributed by atoms with E-state index in [0.29, 0.717) is 10.7 Å². The molecule has 1 aromatic rings. The van der Waals surface area contributed by atoms with Gasteiger partial charge in [0.15, 0.2) is 11.2 Å². The van der Waals surface area contributed by atoms with Crippen molar-refractivity contribution in [2.75, 3.05) is 6.26 Å². The standard InChI is InChI=1S/C8H5N3S/c1-12-8-10-5-7(6-11-8)3-2-4-9/h5-6H,1H3. The summed E-state index contributed by atoms with van der Waals surface area (Å²) in [5, 5.41) is 8.87. The minimum Gasteiger partial charge on any atom is -0.230 e. The van der Waals surface area contributed by atoms with Crippen LogP contribution in [0, 0.1) is 23.2 Å². The van der Waals surface area contributed by atoms with Crippen LogP contribution in [0.4, 0.5) is 0 Å². The average Bonchev–Trinajstić information content (AvgIpc) is 2.15. The second-order valence-electron chi connectivity index (χ2n) is 1.82. The highest BCUT2D eigenvalue weighted by molar-refractivity contribution is 7.98. The Kier molecular flexibility index (Phi) is 3.13. The van der Waals surface area contributed by atoms with Gasteiger partial charge in [-0.1, -0.05) is 11.8 Å². The maximum atomic E-state index is 8.16. The molecule has 1 heterocycles. The summed E-state index contributed by atoms with van der Waals surface area (Å²) in [4.78, 5) is 7.98. The van der Waals surface area contributed by atoms with E-state index in [0.717, 1.165) is 0 Å². The van der Waals surface area contributed by atoms with E-state index in [1.165, 1.54) is 11.8 Å². The Bertz CT molecular complexity index is 353. The first-order valence-electron chi connectivity index (χ1n) is 3.13. The third-order valence-corrected chi connectivity index (χ3v) is 1.65. The lowest BCUT2D eigenvalue weighted by Crippen LogP contribution is -1.85. The lowest BCUT2D eigenvalue weighted by atomic mass is 10.3. The number of hydrogen-bond donors (Lipinski definition) is 0. The van der Waals surface area contributed by atoms with E-state index in [1.807, 2.05) is 6.26 Å². The van der Waals surface area contributed by atoms with Gasteiger partial charge < -0.3 is 0 Å². The molecule has 0 atom stereocenters. The van der Waals surface area contributed by atoms with Gasteiger partial charge in [0.25, 0.3) is 0 Å². The molecule has 0 spiro atoms. The van der Waals surface area contributed by atoms with E-state index < -0.39 is 0 Å². The molecule has 1 rings (SSSR count). The summed E-state index contributed by atoms with van der Waals surface area (Å²) in [6.45, 7) is 0. The normalized spacial score (nSPS) is 8.00. The van der Waals surface area contributed by atoms with Gasteiger partial charge in [-0.3, -0.25) is 0 Å². The van der Waals surface area contributed by atoms with Crippen LogP contribution in [0.25, 0.3) is 0 Å². The lowest BCUT2D eigenvalue weighted by molar-refractivity contribution is 0.965. The van der Waals surface area contributed by atoms with Crippen molar-refractivity contribution in [2.24, 2.45) is 0 Å². The number of aromatic nitrogens is 2. The molecule has 0 saturated heterocycles. The molecule has 0 unspecified atom stereocenters. The van der Waals surface area contributed by atoms with Crippen molar-refractivity contribution in [2.45, 2.75) is 5.16 Å². The monoisotopic (exact) mass is 175 g/mol. The van der Waals surface area contributed by atoms with Gasteiger partial charge in [0.1, 0.15) is 0 Å². The summed E-state index contributed by atoms with van der Waals surface area (Å²) in [6, 6.07) is 1.72. The largest absolute Gasteiger partial charge is 0.230 e. The zero-order valence-electron chi connectivity index (χ0n) is 6.40. The molecule has 1 aromatic heterocycles. The van der Waals surface area contributed by atoms with Crippen molar-refractivity contribution >= 4 is 11.8 Å². The van der Waals surface area contributed by atoms with Crippen LogP contribution < -0.4 is 0 Å². The van der Waals surface area contributed by atoms with Crippen molar-refractivity contribution in [3.63, 3.8) is 0 Å². The molecule has 4 heteroatoms. The highest BCUT2D eigenvalue weighted by Gasteiger charge is 1.91. The fraction of sp³-hybridized carbons (Fsp3) is 0.125. The molecule has 0 radical (unpaired) electrons. The van der Waals surface area contributed by atoms with Crippen LogP contribution in [-0.2, 0) is 0 Å². The third-order valence-electron chi connectivity index (χ3n) is 1.07. The second-order valence-corrected chi connectivity index (χ2v) is 2.59. The first-order valence-corrected chi connectivity index (χ1v) is 4.35. The van der Waals surface area contributed by atoms with Gasteiger partial charge in [0.05, 0.1) is 5.56 Å². The Labute approximate surface area is 74.8 Å². The van der Waals surface area contributed by atoms with Crippen LogP contribution in [-0.4, -0.2) is 16.2 Å². The third kappa shape index (κ3) is 2.26. The van der Waals surface area contributed by atoms with Crippen molar-refractivity contribution in [1.82, 2.24) is 9.97 Å². The maximum Gasteiger partial charge on any atom is 0.187 e. The van der Waals surface area contributed by atoms with Crippen LogP contribution in [0.15, 0.2) is 17.6 Å². The van der Waals surface area contributed by atoms with Crippen LogP contribution in [0.1, 0.15) is 5.56 Å². The summed E-state index contributed by atoms with van der Waals surface area (Å²) in [5.74, 6) is 4.87. The Balaban J connectivity index is 2.87. The fourth-order valence-corrected chi connectivity index (χ4v) is 0.902. The van der Waals surface area contributed by atoms with Crippen molar-refractivity contribution in [3.8, 4) is 17.9 Å². The summed E-state index contributed by atoms with van der Waals surface area (Å²) >= 11 is 1.47. The van der Waals surface area contributed by atoms with Crippen LogP contribution in [0.5, 0.6) is 0 Å². The molecule has 0 aliphatic rings. The molecule has 12 heavy (non-hydrogen) atoms. The molecule has 0 aliphatic carbocycles. The van der Waals surface area contributed by atoms with Crippen molar-refractivity contribution in [1.29, 1.82) is 5.26 Å². The van der Waals surface area contributed by atoms with Crippen LogP contribution in [0.2, 0.25) is 0 Å². The molecular formula is C8H5N3S. The van der Waals surface area contributed by atoms with E-state index in [2.05, 4.69) is 21.8 Å². The van der Waals surface area contributed by atoms with Crippen LogP contribution in [0.3, 0.4) is 0 Å². The number of nitriles is 1. The first kappa shape index (κ1) is 8.58. The summed E-state index contributed by atoms with van der Waals surface area (Å²) < 4.78 is 0. The van der Waals surface area contributed by atoms with Gasteiger partial charge >= 0.3 is 0 Å². The Morgan fingerprint density at radius 2 is 2.08 bits per heavy atom. The van der Waals surface area contributed by atoms with Gasteiger partial charge in [0, 0.05) is 18.3 Å². The first-order chi connectivity index (χ1) is 5.86. The Hall–Kier alpha value is -1.52. The molecule has 0 aliphatic heterocycles. The molecule has 3 nitrogen and oxygen atoms in total. The molecule has 0 bridgehead atoms. The molecule has 0 saturated carbocycles. The summed E-state index contributed by atoms with van der Waals surface area (Å²) in [6.07, 6.45) is 5.10. The second kappa shape index (κ2) is 4.38. The Morgan fingerprint density at radius 1 is 1.42 bits per heavy atom. The minimum absolute atomic E-state index is 0.661. The van der Waals surface area contributed by atoms with Gasteiger partial charge in [-0.05, 0) is 12.2 Å². The van der Waals surface area contributed by atoms with Gasteiger partial charge in [-0.25, -0.2) is 9.97 Å². The number of hydrogen-bond acceptors (Lipinski definition) is 4. The average molecular weight is 175 g/mol. The zero-order valence-corrected chi connectivity index (χ0v) is 7.22. The number of thioether (sulfide) groups is 1. The van der Waals surface area contributed by atoms with E-state index in [1.54, 1.807) is 18.5 Å².